The summed E-state index contributed by atoms with van der Waals surface area (Å²) in [4.78, 5) is 0. The molecular formula is C10H22N3+. The molecule has 0 saturated heterocycles. The van der Waals surface area contributed by atoms with Crippen LogP contribution in [-0.4, -0.2) is 24.1 Å². The third kappa shape index (κ3) is 2.50. The van der Waals surface area contributed by atoms with Crippen LogP contribution in [0.15, 0.2) is 5.11 Å². The van der Waals surface area contributed by atoms with E-state index in [4.69, 9.17) is 0 Å². The molecule has 1 rings (SSSR count). The van der Waals surface area contributed by atoms with Crippen molar-refractivity contribution < 1.29 is 4.70 Å². The van der Waals surface area contributed by atoms with Crippen molar-refractivity contribution in [3.05, 3.63) is 0 Å². The highest BCUT2D eigenvalue weighted by Gasteiger charge is 2.34. The van der Waals surface area contributed by atoms with Crippen molar-refractivity contribution in [2.24, 2.45) is 11.0 Å². The van der Waals surface area contributed by atoms with Crippen molar-refractivity contribution in [3.63, 3.8) is 0 Å². The smallest absolute Gasteiger partial charge is 0.230 e. The highest BCUT2D eigenvalue weighted by molar-refractivity contribution is 4.70. The summed E-state index contributed by atoms with van der Waals surface area (Å²) in [6.45, 7) is 6.62. The minimum atomic E-state index is 0.293. The Balaban J connectivity index is 2.55. The lowest BCUT2D eigenvalue weighted by Crippen LogP contribution is -2.40. The average Bonchev–Trinajstić information content (AvgIpc) is 2.41. The van der Waals surface area contributed by atoms with Gasteiger partial charge in [0.1, 0.15) is 0 Å². The molecule has 0 radical (unpaired) electrons. The third-order valence-corrected chi connectivity index (χ3v) is 2.80. The van der Waals surface area contributed by atoms with Gasteiger partial charge in [0.2, 0.25) is 6.17 Å². The van der Waals surface area contributed by atoms with Crippen molar-refractivity contribution in [1.29, 1.82) is 0 Å². The van der Waals surface area contributed by atoms with Crippen LogP contribution in [0.5, 0.6) is 0 Å². The summed E-state index contributed by atoms with van der Waals surface area (Å²) in [6.07, 6.45) is 4.54. The molecule has 1 aliphatic heterocycles. The monoisotopic (exact) mass is 184 g/mol. The van der Waals surface area contributed by atoms with Crippen LogP contribution in [0.2, 0.25) is 0 Å². The number of azo groups is 2. The molecule has 0 aromatic heterocycles. The highest BCUT2D eigenvalue weighted by atomic mass is 15.5. The second kappa shape index (κ2) is 4.70. The number of hydrogen-bond donors (Lipinski definition) is 1. The topological polar surface area (TPSA) is 27.4 Å². The third-order valence-electron chi connectivity index (χ3n) is 2.80. The fourth-order valence-corrected chi connectivity index (χ4v) is 2.13. The summed E-state index contributed by atoms with van der Waals surface area (Å²) >= 11 is 0. The van der Waals surface area contributed by atoms with Crippen LogP contribution in [0, 0.1) is 5.92 Å². The molecule has 0 aromatic rings. The van der Waals surface area contributed by atoms with Crippen LogP contribution in [0.1, 0.15) is 40.0 Å². The molecule has 0 aromatic carbocycles. The second-order valence-corrected chi connectivity index (χ2v) is 3.93. The fourth-order valence-electron chi connectivity index (χ4n) is 2.13. The number of nitrogens with one attached hydrogen (secondary N) is 1. The van der Waals surface area contributed by atoms with Gasteiger partial charge in [-0.1, -0.05) is 20.3 Å². The van der Waals surface area contributed by atoms with Gasteiger partial charge in [-0.15, -0.1) is 4.70 Å². The number of hydrogen-bond acceptors (Lipinski definition) is 2. The summed E-state index contributed by atoms with van der Waals surface area (Å²) in [7, 11) is 2.07. The van der Waals surface area contributed by atoms with E-state index in [0.717, 1.165) is 5.92 Å². The van der Waals surface area contributed by atoms with E-state index < -0.39 is 0 Å². The Morgan fingerprint density at radius 1 is 1.46 bits per heavy atom. The van der Waals surface area contributed by atoms with E-state index in [2.05, 4.69) is 42.9 Å². The fraction of sp³-hybridized carbons (Fsp3) is 1.00. The minimum Gasteiger partial charge on any atom is -0.230 e. The van der Waals surface area contributed by atoms with Crippen molar-refractivity contribution in [2.75, 3.05) is 7.05 Å². The predicted octanol–water partition coefficient (Wildman–Crippen LogP) is 2.18. The van der Waals surface area contributed by atoms with Crippen LogP contribution >= 0.6 is 0 Å². The van der Waals surface area contributed by atoms with E-state index in [1.807, 2.05) is 0 Å². The summed E-state index contributed by atoms with van der Waals surface area (Å²) < 4.78 is 2.09. The van der Waals surface area contributed by atoms with Crippen molar-refractivity contribution >= 4 is 0 Å². The van der Waals surface area contributed by atoms with E-state index in [1.165, 1.54) is 19.3 Å². The first-order valence-electron chi connectivity index (χ1n) is 5.38. The van der Waals surface area contributed by atoms with Gasteiger partial charge in [-0.3, -0.25) is 0 Å². The Labute approximate surface area is 81.2 Å². The van der Waals surface area contributed by atoms with Gasteiger partial charge in [0, 0.05) is 5.92 Å². The lowest BCUT2D eigenvalue weighted by molar-refractivity contribution is -0.600. The zero-order valence-corrected chi connectivity index (χ0v) is 9.25. The molecule has 3 heteroatoms. The molecule has 0 spiro atoms. The van der Waals surface area contributed by atoms with Crippen LogP contribution in [0.3, 0.4) is 0 Å². The summed E-state index contributed by atoms with van der Waals surface area (Å²) in [5.41, 5.74) is 0. The molecule has 1 N–H and O–H groups in total. The average molecular weight is 184 g/mol. The maximum Gasteiger partial charge on any atom is 0.236 e. The first-order chi connectivity index (χ1) is 6.19. The van der Waals surface area contributed by atoms with Crippen LogP contribution in [-0.2, 0) is 0 Å². The standard InChI is InChI=1S/C10H22N3/c1-5-7-9(6-2)10-11-8(3)12-13(10)4/h8-11H,5-7H2,1-4H3/q+1/t8?,9-,10?/m0/s1. The van der Waals surface area contributed by atoms with Gasteiger partial charge in [-0.2, -0.15) is 0 Å². The highest BCUT2D eigenvalue weighted by Crippen LogP contribution is 2.19. The summed E-state index contributed by atoms with van der Waals surface area (Å²) in [5, 5.41) is 7.94. The molecule has 0 bridgehead atoms. The van der Waals surface area contributed by atoms with Crippen LogP contribution < -0.4 is 5.32 Å². The van der Waals surface area contributed by atoms with Gasteiger partial charge in [0.05, 0.1) is 0 Å². The van der Waals surface area contributed by atoms with Crippen molar-refractivity contribution in [1.82, 2.24) is 5.32 Å². The molecule has 0 saturated carbocycles. The molecule has 2 unspecified atom stereocenters. The molecule has 1 heterocycles. The first kappa shape index (κ1) is 10.6. The molecule has 76 valence electrons. The predicted molar refractivity (Wildman–Crippen MR) is 53.7 cm³/mol. The molecule has 0 aliphatic carbocycles. The zero-order valence-electron chi connectivity index (χ0n) is 9.25. The Morgan fingerprint density at radius 3 is 2.54 bits per heavy atom. The zero-order chi connectivity index (χ0) is 9.84. The van der Waals surface area contributed by atoms with Gasteiger partial charge in [0.25, 0.3) is 0 Å². The van der Waals surface area contributed by atoms with Gasteiger partial charge in [-0.25, -0.2) is 5.32 Å². The van der Waals surface area contributed by atoms with E-state index in [-0.39, 0.29) is 0 Å². The van der Waals surface area contributed by atoms with Crippen molar-refractivity contribution in [2.45, 2.75) is 52.4 Å². The van der Waals surface area contributed by atoms with Crippen LogP contribution in [0.25, 0.3) is 0 Å². The molecular weight excluding hydrogens is 162 g/mol. The van der Waals surface area contributed by atoms with Gasteiger partial charge in [0.15, 0.2) is 13.2 Å². The van der Waals surface area contributed by atoms with E-state index in [1.54, 1.807) is 0 Å². The van der Waals surface area contributed by atoms with E-state index in [9.17, 15) is 0 Å². The minimum absolute atomic E-state index is 0.293. The quantitative estimate of drug-likeness (QED) is 0.666. The SMILES string of the molecule is CCC[C@H](CC)C1NC(C)N=[N+]1C. The van der Waals surface area contributed by atoms with Gasteiger partial charge >= 0.3 is 0 Å². The van der Waals surface area contributed by atoms with E-state index >= 15 is 0 Å². The molecule has 0 amide bonds. The van der Waals surface area contributed by atoms with Crippen molar-refractivity contribution in [3.8, 4) is 0 Å². The molecule has 13 heavy (non-hydrogen) atoms. The Bertz CT molecular complexity index is 189. The molecule has 3 nitrogen and oxygen atoms in total. The van der Waals surface area contributed by atoms with E-state index in [0.29, 0.717) is 12.3 Å². The first-order valence-corrected chi connectivity index (χ1v) is 5.38. The number of nitrogens with zero attached hydrogens (tertiary/aromatic N) is 2. The Kier molecular flexibility index (Phi) is 3.85. The summed E-state index contributed by atoms with van der Waals surface area (Å²) in [5.74, 6) is 0.740. The summed E-state index contributed by atoms with van der Waals surface area (Å²) in [6, 6.07) is 0. The lowest BCUT2D eigenvalue weighted by Gasteiger charge is -2.17. The van der Waals surface area contributed by atoms with Crippen LogP contribution in [0.4, 0.5) is 0 Å². The second-order valence-electron chi connectivity index (χ2n) is 3.93. The van der Waals surface area contributed by atoms with Gasteiger partial charge in [-0.05, 0) is 24.9 Å². The maximum atomic E-state index is 4.44. The molecule has 0 fully saturated rings. The van der Waals surface area contributed by atoms with Gasteiger partial charge < -0.3 is 0 Å². The Morgan fingerprint density at radius 2 is 2.15 bits per heavy atom. The molecule has 1 aliphatic rings. The maximum absolute atomic E-state index is 4.44. The normalized spacial score (nSPS) is 30.3. The largest absolute Gasteiger partial charge is 0.236 e. The number of rotatable bonds is 4. The Hall–Kier alpha value is -0.440. The molecule has 3 atom stereocenters. The lowest BCUT2D eigenvalue weighted by atomic mass is 9.97.